The minimum absolute atomic E-state index is 0.549. The van der Waals surface area contributed by atoms with Crippen LogP contribution < -0.4 is 4.90 Å². The van der Waals surface area contributed by atoms with E-state index in [1.54, 1.807) is 18.4 Å². The first-order chi connectivity index (χ1) is 8.81. The molecule has 5 heteroatoms. The van der Waals surface area contributed by atoms with Gasteiger partial charge in [-0.2, -0.15) is 0 Å². The van der Waals surface area contributed by atoms with Gasteiger partial charge in [-0.25, -0.2) is 4.98 Å². The Labute approximate surface area is 111 Å². The Morgan fingerprint density at radius 2 is 2.33 bits per heavy atom. The number of ether oxygens (including phenoxy) is 1. The predicted molar refractivity (Wildman–Crippen MR) is 71.7 cm³/mol. The van der Waals surface area contributed by atoms with Gasteiger partial charge in [0.1, 0.15) is 0 Å². The summed E-state index contributed by atoms with van der Waals surface area (Å²) < 4.78 is 5.21. The summed E-state index contributed by atoms with van der Waals surface area (Å²) in [6.45, 7) is 2.85. The molecular weight excluding hydrogens is 248 g/mol. The third kappa shape index (κ3) is 2.29. The third-order valence-corrected chi connectivity index (χ3v) is 4.76. The zero-order valence-corrected chi connectivity index (χ0v) is 11.4. The summed E-state index contributed by atoms with van der Waals surface area (Å²) in [6, 6.07) is 0. The summed E-state index contributed by atoms with van der Waals surface area (Å²) >= 11 is 1.55. The van der Waals surface area contributed by atoms with Crippen molar-refractivity contribution in [3.05, 3.63) is 10.6 Å². The van der Waals surface area contributed by atoms with E-state index >= 15 is 0 Å². The number of thiazole rings is 1. The van der Waals surface area contributed by atoms with Crippen LogP contribution in [0.3, 0.4) is 0 Å². The van der Waals surface area contributed by atoms with Gasteiger partial charge in [-0.1, -0.05) is 11.3 Å². The lowest BCUT2D eigenvalue weighted by molar-refractivity contribution is 0.112. The van der Waals surface area contributed by atoms with Gasteiger partial charge in [-0.3, -0.25) is 4.79 Å². The van der Waals surface area contributed by atoms with E-state index in [2.05, 4.69) is 4.90 Å². The Hall–Kier alpha value is -0.940. The molecule has 2 fully saturated rings. The average Bonchev–Trinajstić information content (AvgIpc) is 2.96. The lowest BCUT2D eigenvalue weighted by atomic mass is 10.1. The van der Waals surface area contributed by atoms with Crippen molar-refractivity contribution in [2.75, 3.05) is 31.7 Å². The van der Waals surface area contributed by atoms with Crippen LogP contribution >= 0.6 is 11.3 Å². The van der Waals surface area contributed by atoms with Crippen molar-refractivity contribution in [1.29, 1.82) is 0 Å². The van der Waals surface area contributed by atoms with E-state index in [1.165, 1.54) is 12.8 Å². The van der Waals surface area contributed by atoms with Crippen LogP contribution in [0.1, 0.15) is 40.5 Å². The second-order valence-electron chi connectivity index (χ2n) is 5.19. The number of aromatic nitrogens is 1. The standard InChI is InChI=1S/C13H18N2O2S/c1-17-8-9-4-5-15(6-9)13-14-12(10-2-3-10)11(7-16)18-13/h7,9-10H,2-6,8H2,1H3. The average molecular weight is 266 g/mol. The normalized spacial score (nSPS) is 23.6. The summed E-state index contributed by atoms with van der Waals surface area (Å²) in [6.07, 6.45) is 4.51. The minimum Gasteiger partial charge on any atom is -0.384 e. The highest BCUT2D eigenvalue weighted by Crippen LogP contribution is 2.44. The van der Waals surface area contributed by atoms with E-state index in [0.717, 1.165) is 48.1 Å². The van der Waals surface area contributed by atoms with E-state index in [4.69, 9.17) is 9.72 Å². The van der Waals surface area contributed by atoms with E-state index in [-0.39, 0.29) is 0 Å². The lowest BCUT2D eigenvalue weighted by Gasteiger charge is -2.14. The molecule has 1 atom stereocenters. The number of carbonyl (C=O) groups is 1. The third-order valence-electron chi connectivity index (χ3n) is 3.70. The van der Waals surface area contributed by atoms with Gasteiger partial charge in [0.15, 0.2) is 11.4 Å². The molecule has 0 amide bonds. The molecule has 0 spiro atoms. The fourth-order valence-corrected chi connectivity index (χ4v) is 3.58. The number of carbonyl (C=O) groups excluding carboxylic acids is 1. The number of methoxy groups -OCH3 is 1. The van der Waals surface area contributed by atoms with Crippen molar-refractivity contribution < 1.29 is 9.53 Å². The largest absolute Gasteiger partial charge is 0.384 e. The quantitative estimate of drug-likeness (QED) is 0.767. The SMILES string of the molecule is COCC1CCN(c2nc(C3CC3)c(C=O)s2)C1. The fraction of sp³-hybridized carbons (Fsp3) is 0.692. The van der Waals surface area contributed by atoms with Gasteiger partial charge in [0.2, 0.25) is 0 Å². The number of hydrogen-bond donors (Lipinski definition) is 0. The number of aldehydes is 1. The van der Waals surface area contributed by atoms with Crippen molar-refractivity contribution >= 4 is 22.8 Å². The van der Waals surface area contributed by atoms with E-state index in [0.29, 0.717) is 11.8 Å². The summed E-state index contributed by atoms with van der Waals surface area (Å²) in [7, 11) is 1.75. The fourth-order valence-electron chi connectivity index (χ4n) is 2.58. The van der Waals surface area contributed by atoms with Gasteiger partial charge in [0.25, 0.3) is 0 Å². The Morgan fingerprint density at radius 3 is 3.00 bits per heavy atom. The van der Waals surface area contributed by atoms with Crippen molar-refractivity contribution in [3.63, 3.8) is 0 Å². The molecule has 2 aliphatic rings. The summed E-state index contributed by atoms with van der Waals surface area (Å²) in [4.78, 5) is 18.9. The van der Waals surface area contributed by atoms with Crippen molar-refractivity contribution in [3.8, 4) is 0 Å². The highest BCUT2D eigenvalue weighted by atomic mass is 32.1. The molecule has 98 valence electrons. The van der Waals surface area contributed by atoms with E-state index in [9.17, 15) is 4.79 Å². The summed E-state index contributed by atoms with van der Waals surface area (Å²) in [5, 5.41) is 1.03. The monoisotopic (exact) mass is 266 g/mol. The maximum absolute atomic E-state index is 11.1. The maximum atomic E-state index is 11.1. The molecule has 0 aromatic carbocycles. The van der Waals surface area contributed by atoms with Gasteiger partial charge in [-0.15, -0.1) is 0 Å². The van der Waals surface area contributed by atoms with E-state index in [1.807, 2.05) is 0 Å². The second-order valence-corrected chi connectivity index (χ2v) is 6.20. The molecule has 1 aromatic heterocycles. The van der Waals surface area contributed by atoms with Crippen molar-refractivity contribution in [2.24, 2.45) is 5.92 Å². The van der Waals surface area contributed by atoms with Crippen LogP contribution in [0.4, 0.5) is 5.13 Å². The van der Waals surface area contributed by atoms with Crippen LogP contribution in [-0.4, -0.2) is 38.1 Å². The summed E-state index contributed by atoms with van der Waals surface area (Å²) in [5.41, 5.74) is 1.04. The molecule has 1 unspecified atom stereocenters. The number of hydrogen-bond acceptors (Lipinski definition) is 5. The first kappa shape index (κ1) is 12.1. The van der Waals surface area contributed by atoms with Crippen LogP contribution in [0.15, 0.2) is 0 Å². The van der Waals surface area contributed by atoms with Crippen LogP contribution in [0.25, 0.3) is 0 Å². The molecule has 1 aliphatic carbocycles. The van der Waals surface area contributed by atoms with Gasteiger partial charge in [0, 0.05) is 32.0 Å². The summed E-state index contributed by atoms with van der Waals surface area (Å²) in [5.74, 6) is 1.15. The predicted octanol–water partition coefficient (Wildman–Crippen LogP) is 2.31. The molecule has 0 N–H and O–H groups in total. The van der Waals surface area contributed by atoms with Crippen LogP contribution in [0, 0.1) is 5.92 Å². The first-order valence-corrected chi connectivity index (χ1v) is 7.33. The molecule has 4 nitrogen and oxygen atoms in total. The topological polar surface area (TPSA) is 42.4 Å². The van der Waals surface area contributed by atoms with E-state index < -0.39 is 0 Å². The number of anilines is 1. The number of nitrogens with zero attached hydrogens (tertiary/aromatic N) is 2. The Balaban J connectivity index is 1.74. The minimum atomic E-state index is 0.549. The Kier molecular flexibility index (Phi) is 3.35. The molecule has 1 saturated heterocycles. The molecule has 1 aromatic rings. The van der Waals surface area contributed by atoms with Crippen LogP contribution in [0.2, 0.25) is 0 Å². The highest BCUT2D eigenvalue weighted by molar-refractivity contribution is 7.17. The van der Waals surface area contributed by atoms with Gasteiger partial charge < -0.3 is 9.64 Å². The van der Waals surface area contributed by atoms with Crippen molar-refractivity contribution in [1.82, 2.24) is 4.98 Å². The van der Waals surface area contributed by atoms with Crippen LogP contribution in [-0.2, 0) is 4.74 Å². The number of rotatable bonds is 5. The second kappa shape index (κ2) is 4.97. The smallest absolute Gasteiger partial charge is 0.186 e. The molecule has 2 heterocycles. The zero-order valence-electron chi connectivity index (χ0n) is 10.6. The maximum Gasteiger partial charge on any atom is 0.186 e. The first-order valence-electron chi connectivity index (χ1n) is 6.51. The molecule has 1 saturated carbocycles. The molecule has 18 heavy (non-hydrogen) atoms. The van der Waals surface area contributed by atoms with Crippen molar-refractivity contribution in [2.45, 2.75) is 25.2 Å². The molecule has 3 rings (SSSR count). The molecule has 0 bridgehead atoms. The Bertz CT molecular complexity index is 442. The van der Waals surface area contributed by atoms with Gasteiger partial charge in [-0.05, 0) is 19.3 Å². The molecule has 0 radical (unpaired) electrons. The molecular formula is C13H18N2O2S. The van der Waals surface area contributed by atoms with Gasteiger partial charge in [0.05, 0.1) is 17.2 Å². The molecule has 1 aliphatic heterocycles. The lowest BCUT2D eigenvalue weighted by Crippen LogP contribution is -2.20. The van der Waals surface area contributed by atoms with Gasteiger partial charge >= 0.3 is 0 Å². The van der Waals surface area contributed by atoms with Crippen LogP contribution in [0.5, 0.6) is 0 Å². The Morgan fingerprint density at radius 1 is 1.50 bits per heavy atom. The zero-order chi connectivity index (χ0) is 12.5. The highest BCUT2D eigenvalue weighted by Gasteiger charge is 2.32.